The fraction of sp³-hybridized carbons (Fsp3) is 0.448. The van der Waals surface area contributed by atoms with Crippen LogP contribution in [-0.2, 0) is 28.5 Å². The van der Waals surface area contributed by atoms with Gasteiger partial charge >= 0.3 is 12.4 Å². The summed E-state index contributed by atoms with van der Waals surface area (Å²) in [6.07, 6.45) is -8.68. The van der Waals surface area contributed by atoms with Crippen LogP contribution in [0.5, 0.6) is 0 Å². The van der Waals surface area contributed by atoms with Gasteiger partial charge in [-0.2, -0.15) is 26.3 Å². The van der Waals surface area contributed by atoms with Crippen LogP contribution in [0, 0.1) is 11.6 Å². The fourth-order valence-electron chi connectivity index (χ4n) is 6.30. The van der Waals surface area contributed by atoms with E-state index in [9.17, 15) is 40.2 Å². The Morgan fingerprint density at radius 3 is 1.66 bits per heavy atom. The number of aromatic nitrogens is 2. The second-order valence-electron chi connectivity index (χ2n) is 12.2. The zero-order chi connectivity index (χ0) is 32.6. The largest absolute Gasteiger partial charge is 0.422 e. The molecule has 2 aromatic carbocycles. The van der Waals surface area contributed by atoms with E-state index < -0.39 is 49.9 Å². The number of H-pyrrole nitrogens is 2. The van der Waals surface area contributed by atoms with Crippen LogP contribution in [0.25, 0.3) is 21.8 Å². The normalized spacial score (nSPS) is 22.5. The van der Waals surface area contributed by atoms with Crippen molar-refractivity contribution in [2.75, 3.05) is 0 Å². The summed E-state index contributed by atoms with van der Waals surface area (Å²) in [5, 5.41) is 10.8. The fourth-order valence-corrected chi connectivity index (χ4v) is 8.17. The standard InChI is InChI=1S/C16H18ClF4NOSi.C13H10ClF4NO/c1-24(2,3)23-15(16(19,20)21)6-4-5-10-11-7-9(18)8-12(17)13(11)22-14(10)15;14-9-5-6(15)4-8-7-2-1-3-12(20,13(16,17)18)11(7)19-10(8)9/h7-8,22H,4-6H2,1-3H3;4-5,19-20H,1-3H2. The first-order valence-electron chi connectivity index (χ1n) is 13.7. The van der Waals surface area contributed by atoms with Gasteiger partial charge < -0.3 is 19.5 Å². The van der Waals surface area contributed by atoms with Crippen molar-refractivity contribution in [3.8, 4) is 0 Å². The summed E-state index contributed by atoms with van der Waals surface area (Å²) in [6, 6.07) is 4.50. The van der Waals surface area contributed by atoms with E-state index in [1.54, 1.807) is 19.6 Å². The lowest BCUT2D eigenvalue weighted by Crippen LogP contribution is -2.52. The Morgan fingerprint density at radius 2 is 1.20 bits per heavy atom. The topological polar surface area (TPSA) is 61.0 Å². The molecule has 4 nitrogen and oxygen atoms in total. The molecule has 4 aromatic rings. The molecule has 2 heterocycles. The monoisotopic (exact) mass is 686 g/mol. The third kappa shape index (κ3) is 5.52. The third-order valence-electron chi connectivity index (χ3n) is 8.01. The number of fused-ring (bicyclic) bond motifs is 6. The molecule has 0 aliphatic heterocycles. The van der Waals surface area contributed by atoms with Gasteiger partial charge in [0.05, 0.1) is 32.5 Å². The molecule has 0 saturated heterocycles. The highest BCUT2D eigenvalue weighted by Crippen LogP contribution is 2.53. The van der Waals surface area contributed by atoms with Crippen molar-refractivity contribution in [2.24, 2.45) is 0 Å². The maximum Gasteiger partial charge on any atom is 0.422 e. The number of alkyl halides is 6. The molecule has 0 saturated carbocycles. The summed E-state index contributed by atoms with van der Waals surface area (Å²) >= 11 is 11.9. The van der Waals surface area contributed by atoms with Crippen LogP contribution in [0.4, 0.5) is 35.1 Å². The zero-order valence-corrected chi connectivity index (χ0v) is 26.2. The first kappa shape index (κ1) is 33.1. The lowest BCUT2D eigenvalue weighted by molar-refractivity contribution is -0.272. The second-order valence-corrected chi connectivity index (χ2v) is 17.4. The van der Waals surface area contributed by atoms with Gasteiger partial charge in [0, 0.05) is 10.8 Å². The highest BCUT2D eigenvalue weighted by atomic mass is 35.5. The average Bonchev–Trinajstić information content (AvgIpc) is 3.43. The molecule has 2 unspecified atom stereocenters. The maximum atomic E-state index is 14.1. The zero-order valence-electron chi connectivity index (χ0n) is 23.7. The number of aromatic amines is 2. The summed E-state index contributed by atoms with van der Waals surface area (Å²) in [5.41, 5.74) is -4.37. The Labute approximate surface area is 257 Å². The summed E-state index contributed by atoms with van der Waals surface area (Å²) in [5.74, 6) is -1.19. The lowest BCUT2D eigenvalue weighted by atomic mass is 9.82. The minimum atomic E-state index is -4.80. The van der Waals surface area contributed by atoms with Gasteiger partial charge in [-0.3, -0.25) is 0 Å². The number of hydrogen-bond donors (Lipinski definition) is 3. The third-order valence-corrected chi connectivity index (χ3v) is 9.57. The van der Waals surface area contributed by atoms with Gasteiger partial charge in [0.2, 0.25) is 5.60 Å². The number of halogens is 10. The molecule has 3 N–H and O–H groups in total. The smallest absolute Gasteiger partial charge is 0.399 e. The van der Waals surface area contributed by atoms with E-state index in [0.29, 0.717) is 41.1 Å². The number of nitrogens with one attached hydrogen (secondary N) is 2. The van der Waals surface area contributed by atoms with E-state index in [4.69, 9.17) is 27.6 Å². The number of hydrogen-bond acceptors (Lipinski definition) is 2. The Balaban J connectivity index is 0.000000177. The molecule has 2 aliphatic rings. The molecule has 15 heteroatoms. The van der Waals surface area contributed by atoms with Crippen molar-refractivity contribution < 1.29 is 44.7 Å². The molecular formula is C29H28Cl2F8N2O2Si. The van der Waals surface area contributed by atoms with Gasteiger partial charge in [-0.05, 0) is 93.6 Å². The van der Waals surface area contributed by atoms with Crippen molar-refractivity contribution in [3.05, 3.63) is 68.5 Å². The van der Waals surface area contributed by atoms with Gasteiger partial charge in [0.15, 0.2) is 13.9 Å². The van der Waals surface area contributed by atoms with Crippen molar-refractivity contribution in [2.45, 2.75) is 81.7 Å². The van der Waals surface area contributed by atoms with Crippen LogP contribution in [0.2, 0.25) is 29.7 Å². The summed E-state index contributed by atoms with van der Waals surface area (Å²) in [7, 11) is -2.52. The minimum absolute atomic E-state index is 0.000996. The van der Waals surface area contributed by atoms with E-state index in [1.165, 1.54) is 6.07 Å². The lowest BCUT2D eigenvalue weighted by Gasteiger charge is -2.42. The van der Waals surface area contributed by atoms with Crippen LogP contribution in [-0.4, -0.2) is 35.7 Å². The van der Waals surface area contributed by atoms with Gasteiger partial charge in [0.1, 0.15) is 11.6 Å². The minimum Gasteiger partial charge on any atom is -0.399 e. The Hall–Kier alpha value is -2.32. The van der Waals surface area contributed by atoms with Gasteiger partial charge in [0.25, 0.3) is 0 Å². The molecule has 0 radical (unpaired) electrons. The first-order chi connectivity index (χ1) is 20.2. The molecular weight excluding hydrogens is 659 g/mol. The Bertz CT molecular complexity index is 1740. The molecule has 6 rings (SSSR count). The van der Waals surface area contributed by atoms with E-state index in [-0.39, 0.29) is 45.4 Å². The highest BCUT2D eigenvalue weighted by molar-refractivity contribution is 6.69. The predicted octanol–water partition coefficient (Wildman–Crippen LogP) is 9.95. The summed E-state index contributed by atoms with van der Waals surface area (Å²) in [4.78, 5) is 5.35. The van der Waals surface area contributed by atoms with Crippen molar-refractivity contribution in [1.29, 1.82) is 0 Å². The first-order valence-corrected chi connectivity index (χ1v) is 17.9. The van der Waals surface area contributed by atoms with Crippen molar-refractivity contribution >= 4 is 53.3 Å². The summed E-state index contributed by atoms with van der Waals surface area (Å²) < 4.78 is 114. The van der Waals surface area contributed by atoms with E-state index in [1.807, 2.05) is 0 Å². The quantitative estimate of drug-likeness (QED) is 0.145. The molecule has 2 aliphatic carbocycles. The van der Waals surface area contributed by atoms with Gasteiger partial charge in [-0.1, -0.05) is 23.2 Å². The number of aliphatic hydroxyl groups is 1. The second kappa shape index (κ2) is 10.9. The van der Waals surface area contributed by atoms with Gasteiger partial charge in [-0.25, -0.2) is 8.78 Å². The number of aryl methyl sites for hydroxylation is 2. The van der Waals surface area contributed by atoms with Crippen LogP contribution < -0.4 is 0 Å². The average molecular weight is 688 g/mol. The van der Waals surface area contributed by atoms with Crippen LogP contribution >= 0.6 is 23.2 Å². The molecule has 2 atom stereocenters. The molecule has 0 spiro atoms. The van der Waals surface area contributed by atoms with Crippen LogP contribution in [0.15, 0.2) is 24.3 Å². The molecule has 2 aromatic heterocycles. The maximum absolute atomic E-state index is 14.1. The SMILES string of the molecule is C[Si](C)(C)OC1(C(F)(F)F)CCCc2c1[nH]c1c(Cl)cc(F)cc21.OC1(C(F)(F)F)CCCc2c1[nH]c1c(Cl)cc(F)cc21. The van der Waals surface area contributed by atoms with Gasteiger partial charge in [-0.15, -0.1) is 0 Å². The van der Waals surface area contributed by atoms with Crippen LogP contribution in [0.3, 0.4) is 0 Å². The Morgan fingerprint density at radius 1 is 0.750 bits per heavy atom. The molecule has 44 heavy (non-hydrogen) atoms. The molecule has 0 amide bonds. The molecule has 0 bridgehead atoms. The highest BCUT2D eigenvalue weighted by Gasteiger charge is 2.61. The molecule has 0 fully saturated rings. The van der Waals surface area contributed by atoms with Crippen LogP contribution in [0.1, 0.15) is 48.2 Å². The molecule has 240 valence electrons. The number of benzene rings is 2. The number of rotatable bonds is 2. The van der Waals surface area contributed by atoms with Crippen molar-refractivity contribution in [1.82, 2.24) is 9.97 Å². The van der Waals surface area contributed by atoms with E-state index >= 15 is 0 Å². The van der Waals surface area contributed by atoms with E-state index in [0.717, 1.165) is 18.2 Å². The van der Waals surface area contributed by atoms with E-state index in [2.05, 4.69) is 9.97 Å². The van der Waals surface area contributed by atoms with Crippen molar-refractivity contribution in [3.63, 3.8) is 0 Å². The Kier molecular flexibility index (Phi) is 8.18. The summed E-state index contributed by atoms with van der Waals surface area (Å²) in [6.45, 7) is 5.18. The predicted molar refractivity (Wildman–Crippen MR) is 155 cm³/mol.